The molecular weight excluding hydrogens is 230 g/mol. The zero-order valence-electron chi connectivity index (χ0n) is 11.9. The Bertz CT molecular complexity index is 170. The molecular formula is C14H31NO3. The number of rotatable bonds is 13. The van der Waals surface area contributed by atoms with Crippen molar-refractivity contribution in [1.82, 2.24) is 0 Å². The average molecular weight is 261 g/mol. The zero-order chi connectivity index (χ0) is 13.7. The lowest BCUT2D eigenvalue weighted by Crippen LogP contribution is -2.47. The largest absolute Gasteiger partial charge is 0.633 e. The molecule has 0 amide bonds. The van der Waals surface area contributed by atoms with Gasteiger partial charge in [0.25, 0.3) is 0 Å². The molecule has 4 nitrogen and oxygen atoms in total. The molecule has 0 aliphatic rings. The molecule has 4 heteroatoms. The minimum absolute atomic E-state index is 0.0967. The summed E-state index contributed by atoms with van der Waals surface area (Å²) in [5.74, 6) is 0. The maximum atomic E-state index is 12.1. The third-order valence-corrected chi connectivity index (χ3v) is 3.43. The van der Waals surface area contributed by atoms with Crippen molar-refractivity contribution in [2.75, 3.05) is 32.8 Å². The van der Waals surface area contributed by atoms with Crippen LogP contribution in [0, 0.1) is 5.21 Å². The van der Waals surface area contributed by atoms with Gasteiger partial charge in [0, 0.05) is 0 Å². The summed E-state index contributed by atoms with van der Waals surface area (Å²) in [6, 6.07) is 0. The first-order valence-electron chi connectivity index (χ1n) is 7.47. The van der Waals surface area contributed by atoms with Crippen molar-refractivity contribution in [2.45, 2.75) is 58.3 Å². The molecule has 0 radical (unpaired) electrons. The normalized spacial score (nSPS) is 12.0. The van der Waals surface area contributed by atoms with Gasteiger partial charge in [-0.05, 0) is 12.8 Å². The Morgan fingerprint density at radius 1 is 0.722 bits per heavy atom. The Kier molecular flexibility index (Phi) is 11.8. The third-order valence-electron chi connectivity index (χ3n) is 3.43. The lowest BCUT2D eigenvalue weighted by Gasteiger charge is -2.42. The molecule has 0 aromatic carbocycles. The summed E-state index contributed by atoms with van der Waals surface area (Å²) in [6.45, 7) is 2.96. The fourth-order valence-electron chi connectivity index (χ4n) is 2.23. The molecule has 0 fully saturated rings. The second kappa shape index (κ2) is 11.9. The van der Waals surface area contributed by atoms with E-state index in [1.54, 1.807) is 0 Å². The second-order valence-electron chi connectivity index (χ2n) is 5.15. The van der Waals surface area contributed by atoms with E-state index in [-0.39, 0.29) is 26.3 Å². The summed E-state index contributed by atoms with van der Waals surface area (Å²) in [6.07, 6.45) is 9.68. The minimum atomic E-state index is -0.442. The number of aliphatic hydroxyl groups excluding tert-OH is 2. The Labute approximate surface area is 112 Å². The first-order chi connectivity index (χ1) is 8.68. The Hall–Kier alpha value is -0.160. The zero-order valence-corrected chi connectivity index (χ0v) is 11.9. The molecule has 0 rings (SSSR count). The number of aliphatic hydroxyl groups is 2. The van der Waals surface area contributed by atoms with Gasteiger partial charge in [0.2, 0.25) is 0 Å². The highest BCUT2D eigenvalue weighted by Gasteiger charge is 2.14. The number of hydrogen-bond donors (Lipinski definition) is 2. The summed E-state index contributed by atoms with van der Waals surface area (Å²) >= 11 is 0. The van der Waals surface area contributed by atoms with E-state index in [0.29, 0.717) is 6.54 Å². The van der Waals surface area contributed by atoms with Crippen molar-refractivity contribution >= 4 is 0 Å². The molecule has 0 bridgehead atoms. The molecule has 0 heterocycles. The Morgan fingerprint density at radius 3 is 1.61 bits per heavy atom. The van der Waals surface area contributed by atoms with Crippen molar-refractivity contribution < 1.29 is 14.9 Å². The van der Waals surface area contributed by atoms with Crippen LogP contribution in [-0.2, 0) is 0 Å². The van der Waals surface area contributed by atoms with Crippen LogP contribution in [0.1, 0.15) is 58.3 Å². The van der Waals surface area contributed by atoms with Crippen LogP contribution in [0.25, 0.3) is 0 Å². The smallest absolute Gasteiger partial charge is 0.102 e. The van der Waals surface area contributed by atoms with Gasteiger partial charge < -0.3 is 20.1 Å². The molecule has 0 saturated carbocycles. The minimum Gasteiger partial charge on any atom is -0.633 e. The van der Waals surface area contributed by atoms with E-state index in [1.165, 1.54) is 38.5 Å². The highest BCUT2D eigenvalue weighted by atomic mass is 16.5. The highest BCUT2D eigenvalue weighted by molar-refractivity contribution is 4.49. The summed E-state index contributed by atoms with van der Waals surface area (Å²) in [4.78, 5) is 0. The molecule has 0 unspecified atom stereocenters. The molecule has 0 spiro atoms. The third kappa shape index (κ3) is 9.83. The van der Waals surface area contributed by atoms with Crippen molar-refractivity contribution in [3.8, 4) is 0 Å². The van der Waals surface area contributed by atoms with Gasteiger partial charge in [-0.15, -0.1) is 0 Å². The summed E-state index contributed by atoms with van der Waals surface area (Å²) in [7, 11) is 0. The topological polar surface area (TPSA) is 63.5 Å². The van der Waals surface area contributed by atoms with Gasteiger partial charge >= 0.3 is 0 Å². The molecule has 0 aromatic heterocycles. The van der Waals surface area contributed by atoms with Crippen molar-refractivity contribution in [3.05, 3.63) is 5.21 Å². The van der Waals surface area contributed by atoms with E-state index < -0.39 is 4.65 Å². The van der Waals surface area contributed by atoms with Crippen LogP contribution in [0.15, 0.2) is 0 Å². The van der Waals surface area contributed by atoms with Crippen LogP contribution in [-0.4, -0.2) is 47.7 Å². The molecule has 18 heavy (non-hydrogen) atoms. The van der Waals surface area contributed by atoms with Crippen LogP contribution >= 0.6 is 0 Å². The van der Waals surface area contributed by atoms with E-state index in [4.69, 9.17) is 10.2 Å². The molecule has 0 aromatic rings. The van der Waals surface area contributed by atoms with Gasteiger partial charge in [-0.3, -0.25) is 0 Å². The quantitative estimate of drug-likeness (QED) is 0.304. The predicted molar refractivity (Wildman–Crippen MR) is 75.0 cm³/mol. The van der Waals surface area contributed by atoms with E-state index in [1.807, 2.05) is 0 Å². The van der Waals surface area contributed by atoms with E-state index >= 15 is 0 Å². The van der Waals surface area contributed by atoms with Crippen LogP contribution < -0.4 is 0 Å². The van der Waals surface area contributed by atoms with Crippen molar-refractivity contribution in [3.63, 3.8) is 0 Å². The Balaban J connectivity index is 3.49. The SMILES string of the molecule is CCCCCCCCCC[N+]([O-])(CCO)CCO. The molecule has 2 N–H and O–H groups in total. The number of unbranched alkanes of at least 4 members (excludes halogenated alkanes) is 7. The molecule has 0 saturated heterocycles. The van der Waals surface area contributed by atoms with E-state index in [9.17, 15) is 5.21 Å². The van der Waals surface area contributed by atoms with Gasteiger partial charge in [0.05, 0.1) is 19.8 Å². The van der Waals surface area contributed by atoms with Gasteiger partial charge in [-0.2, -0.15) is 0 Å². The van der Waals surface area contributed by atoms with Crippen molar-refractivity contribution in [1.29, 1.82) is 0 Å². The van der Waals surface area contributed by atoms with Crippen LogP contribution in [0.4, 0.5) is 0 Å². The van der Waals surface area contributed by atoms with E-state index in [2.05, 4.69) is 6.92 Å². The van der Waals surface area contributed by atoms with Crippen LogP contribution in [0.2, 0.25) is 0 Å². The average Bonchev–Trinajstić information content (AvgIpc) is 2.33. The lowest BCUT2D eigenvalue weighted by atomic mass is 10.1. The van der Waals surface area contributed by atoms with Crippen LogP contribution in [0.3, 0.4) is 0 Å². The standard InChI is InChI=1S/C14H31NO3/c1-2-3-4-5-6-7-8-9-10-15(18,11-13-16)12-14-17/h16-17H,2-14H2,1H3. The number of nitrogens with zero attached hydrogens (tertiary/aromatic N) is 1. The molecule has 0 aliphatic heterocycles. The summed E-state index contributed by atoms with van der Waals surface area (Å²) < 4.78 is -0.442. The lowest BCUT2D eigenvalue weighted by molar-refractivity contribution is -0.881. The first kappa shape index (κ1) is 17.8. The fourth-order valence-corrected chi connectivity index (χ4v) is 2.23. The summed E-state index contributed by atoms with van der Waals surface area (Å²) in [5.41, 5.74) is 0. The number of quaternary nitrogens is 1. The molecule has 0 aliphatic carbocycles. The number of hydroxylamine groups is 3. The van der Waals surface area contributed by atoms with Gasteiger partial charge in [0.1, 0.15) is 13.1 Å². The van der Waals surface area contributed by atoms with Crippen LogP contribution in [0.5, 0.6) is 0 Å². The Morgan fingerprint density at radius 2 is 1.17 bits per heavy atom. The van der Waals surface area contributed by atoms with Gasteiger partial charge in [0.15, 0.2) is 0 Å². The second-order valence-corrected chi connectivity index (χ2v) is 5.15. The van der Waals surface area contributed by atoms with E-state index in [0.717, 1.165) is 12.8 Å². The summed E-state index contributed by atoms with van der Waals surface area (Å²) in [5, 5.41) is 29.8. The maximum absolute atomic E-state index is 12.1. The monoisotopic (exact) mass is 261 g/mol. The molecule has 0 atom stereocenters. The predicted octanol–water partition coefficient (Wildman–Crippen LogP) is 2.43. The fraction of sp³-hybridized carbons (Fsp3) is 1.00. The molecule has 110 valence electrons. The van der Waals surface area contributed by atoms with Gasteiger partial charge in [-0.1, -0.05) is 45.4 Å². The first-order valence-corrected chi connectivity index (χ1v) is 7.47. The highest BCUT2D eigenvalue weighted by Crippen LogP contribution is 2.11. The maximum Gasteiger partial charge on any atom is 0.102 e. The van der Waals surface area contributed by atoms with Crippen molar-refractivity contribution in [2.24, 2.45) is 0 Å². The number of hydrogen-bond acceptors (Lipinski definition) is 3. The van der Waals surface area contributed by atoms with Gasteiger partial charge in [-0.25, -0.2) is 0 Å².